The van der Waals surface area contributed by atoms with Crippen LogP contribution in [0.4, 0.5) is 0 Å². The molecule has 0 aliphatic carbocycles. The number of rotatable bonds is 6. The third-order valence-corrected chi connectivity index (χ3v) is 2.57. The number of carbonyl (C=O) groups excluding carboxylic acids is 1. The van der Waals surface area contributed by atoms with E-state index in [0.717, 1.165) is 6.42 Å². The number of esters is 1. The first-order valence-corrected chi connectivity index (χ1v) is 6.22. The lowest BCUT2D eigenvalue weighted by molar-refractivity contribution is -0.139. The second-order valence-corrected chi connectivity index (χ2v) is 4.08. The minimum absolute atomic E-state index is 0.0261. The molecule has 2 aromatic rings. The molecule has 2 aromatic carbocycles. The lowest BCUT2D eigenvalue weighted by Crippen LogP contribution is -2.16. The van der Waals surface area contributed by atoms with Crippen molar-refractivity contribution in [3.8, 4) is 5.75 Å². The lowest BCUT2D eigenvalue weighted by atomic mass is 10.2. The van der Waals surface area contributed by atoms with E-state index >= 15 is 0 Å². The number of ether oxygens (including phenoxy) is 2. The highest BCUT2D eigenvalue weighted by Gasteiger charge is 2.04. The average Bonchev–Trinajstić information content (AvgIpc) is 2.46. The fourth-order valence-corrected chi connectivity index (χ4v) is 1.64. The smallest absolute Gasteiger partial charge is 0.337 e. The summed E-state index contributed by atoms with van der Waals surface area (Å²) >= 11 is 0. The molecule has 2 rings (SSSR count). The average molecular weight is 256 g/mol. The Morgan fingerprint density at radius 1 is 0.895 bits per heavy atom. The summed E-state index contributed by atoms with van der Waals surface area (Å²) < 4.78 is 10.4. The molecular weight excluding hydrogens is 240 g/mol. The molecule has 0 N–H and O–H groups in total. The van der Waals surface area contributed by atoms with Crippen LogP contribution < -0.4 is 4.74 Å². The van der Waals surface area contributed by atoms with Crippen molar-refractivity contribution in [2.24, 2.45) is 0 Å². The van der Waals surface area contributed by atoms with Gasteiger partial charge in [0.2, 0.25) is 0 Å². The second-order valence-electron chi connectivity index (χ2n) is 4.08. The van der Waals surface area contributed by atoms with Gasteiger partial charge in [0.25, 0.3) is 0 Å². The molecule has 0 unspecified atom stereocenters. The van der Waals surface area contributed by atoms with Gasteiger partial charge in [-0.25, -0.2) is 4.79 Å². The Kier molecular flexibility index (Phi) is 5.14. The number of hydrogen-bond donors (Lipinski definition) is 0. The van der Waals surface area contributed by atoms with E-state index in [1.54, 1.807) is 12.1 Å². The SMILES string of the molecule is O=C(COCCc1ccccc1)Oc1ccccc1. The summed E-state index contributed by atoms with van der Waals surface area (Å²) in [6.07, 6.45) is 0.791. The Labute approximate surface area is 112 Å². The minimum atomic E-state index is -0.376. The van der Waals surface area contributed by atoms with Crippen LogP contribution in [0, 0.1) is 0 Å². The summed E-state index contributed by atoms with van der Waals surface area (Å²) in [7, 11) is 0. The highest BCUT2D eigenvalue weighted by atomic mass is 16.6. The van der Waals surface area contributed by atoms with Crippen LogP contribution in [0.25, 0.3) is 0 Å². The van der Waals surface area contributed by atoms with Gasteiger partial charge in [0, 0.05) is 0 Å². The fourth-order valence-electron chi connectivity index (χ4n) is 1.64. The molecule has 0 saturated carbocycles. The predicted octanol–water partition coefficient (Wildman–Crippen LogP) is 2.85. The predicted molar refractivity (Wildman–Crippen MR) is 73.0 cm³/mol. The van der Waals surface area contributed by atoms with Gasteiger partial charge >= 0.3 is 5.97 Å². The van der Waals surface area contributed by atoms with Crippen LogP contribution >= 0.6 is 0 Å². The van der Waals surface area contributed by atoms with E-state index in [4.69, 9.17) is 9.47 Å². The quantitative estimate of drug-likeness (QED) is 0.453. The number of benzene rings is 2. The molecule has 3 heteroatoms. The first-order chi connectivity index (χ1) is 9.34. The zero-order valence-electron chi connectivity index (χ0n) is 10.6. The van der Waals surface area contributed by atoms with Crippen molar-refractivity contribution in [2.75, 3.05) is 13.2 Å². The summed E-state index contributed by atoms with van der Waals surface area (Å²) in [5.41, 5.74) is 1.19. The Balaban J connectivity index is 1.65. The number of para-hydroxylation sites is 1. The van der Waals surface area contributed by atoms with Gasteiger partial charge in [-0.05, 0) is 24.1 Å². The Hall–Kier alpha value is -2.13. The van der Waals surface area contributed by atoms with Crippen LogP contribution in [0.15, 0.2) is 60.7 Å². The maximum Gasteiger partial charge on any atom is 0.337 e. The molecule has 0 atom stereocenters. The highest BCUT2D eigenvalue weighted by molar-refractivity contribution is 5.73. The van der Waals surface area contributed by atoms with E-state index in [1.807, 2.05) is 48.5 Å². The summed E-state index contributed by atoms with van der Waals surface area (Å²) in [4.78, 5) is 11.5. The van der Waals surface area contributed by atoms with Crippen LogP contribution in [-0.4, -0.2) is 19.2 Å². The molecule has 98 valence electrons. The van der Waals surface area contributed by atoms with E-state index in [0.29, 0.717) is 12.4 Å². The summed E-state index contributed by atoms with van der Waals surface area (Å²) in [6, 6.07) is 19.0. The molecule has 3 nitrogen and oxygen atoms in total. The van der Waals surface area contributed by atoms with Crippen LogP contribution in [0.2, 0.25) is 0 Å². The molecule has 0 amide bonds. The standard InChI is InChI=1S/C16H16O3/c17-16(19-15-9-5-2-6-10-15)13-18-12-11-14-7-3-1-4-8-14/h1-10H,11-13H2. The molecule has 0 aromatic heterocycles. The molecule has 0 saturated heterocycles. The van der Waals surface area contributed by atoms with Crippen LogP contribution in [0.5, 0.6) is 5.75 Å². The zero-order valence-corrected chi connectivity index (χ0v) is 10.6. The normalized spacial score (nSPS) is 10.1. The van der Waals surface area contributed by atoms with Crippen molar-refractivity contribution in [2.45, 2.75) is 6.42 Å². The molecule has 0 aliphatic rings. The van der Waals surface area contributed by atoms with Crippen molar-refractivity contribution in [3.63, 3.8) is 0 Å². The number of hydrogen-bond acceptors (Lipinski definition) is 3. The van der Waals surface area contributed by atoms with E-state index in [9.17, 15) is 4.79 Å². The Bertz CT molecular complexity index is 494. The summed E-state index contributed by atoms with van der Waals surface area (Å²) in [6.45, 7) is 0.482. The van der Waals surface area contributed by atoms with Gasteiger partial charge in [-0.1, -0.05) is 48.5 Å². The maximum absolute atomic E-state index is 11.5. The van der Waals surface area contributed by atoms with E-state index in [-0.39, 0.29) is 12.6 Å². The maximum atomic E-state index is 11.5. The molecule has 0 fully saturated rings. The Morgan fingerprint density at radius 2 is 1.53 bits per heavy atom. The topological polar surface area (TPSA) is 35.5 Å². The van der Waals surface area contributed by atoms with Crippen molar-refractivity contribution in [1.29, 1.82) is 0 Å². The van der Waals surface area contributed by atoms with Crippen molar-refractivity contribution in [3.05, 3.63) is 66.2 Å². The van der Waals surface area contributed by atoms with Crippen molar-refractivity contribution >= 4 is 5.97 Å². The van der Waals surface area contributed by atoms with E-state index < -0.39 is 0 Å². The van der Waals surface area contributed by atoms with E-state index in [1.165, 1.54) is 5.56 Å². The van der Waals surface area contributed by atoms with Crippen LogP contribution in [0.1, 0.15) is 5.56 Å². The molecular formula is C16H16O3. The second kappa shape index (κ2) is 7.34. The van der Waals surface area contributed by atoms with Crippen LogP contribution in [-0.2, 0) is 16.0 Å². The monoisotopic (exact) mass is 256 g/mol. The van der Waals surface area contributed by atoms with Crippen LogP contribution in [0.3, 0.4) is 0 Å². The largest absolute Gasteiger partial charge is 0.425 e. The molecule has 0 radical (unpaired) electrons. The summed E-state index contributed by atoms with van der Waals surface area (Å²) in [5, 5.41) is 0. The van der Waals surface area contributed by atoms with Gasteiger partial charge in [-0.2, -0.15) is 0 Å². The highest BCUT2D eigenvalue weighted by Crippen LogP contribution is 2.08. The van der Waals surface area contributed by atoms with Crippen molar-refractivity contribution in [1.82, 2.24) is 0 Å². The summed E-state index contributed by atoms with van der Waals surface area (Å²) in [5.74, 6) is 0.165. The van der Waals surface area contributed by atoms with Gasteiger partial charge in [-0.15, -0.1) is 0 Å². The van der Waals surface area contributed by atoms with Gasteiger partial charge in [0.05, 0.1) is 6.61 Å². The van der Waals surface area contributed by atoms with Crippen molar-refractivity contribution < 1.29 is 14.3 Å². The van der Waals surface area contributed by atoms with Gasteiger partial charge < -0.3 is 9.47 Å². The van der Waals surface area contributed by atoms with Gasteiger partial charge in [-0.3, -0.25) is 0 Å². The molecule has 0 heterocycles. The van der Waals surface area contributed by atoms with Gasteiger partial charge in [0.15, 0.2) is 0 Å². The molecule has 0 bridgehead atoms. The molecule has 0 spiro atoms. The Morgan fingerprint density at radius 3 is 2.21 bits per heavy atom. The number of carbonyl (C=O) groups is 1. The van der Waals surface area contributed by atoms with E-state index in [2.05, 4.69) is 0 Å². The fraction of sp³-hybridized carbons (Fsp3) is 0.188. The zero-order chi connectivity index (χ0) is 13.3. The first kappa shape index (κ1) is 13.3. The van der Waals surface area contributed by atoms with Gasteiger partial charge in [0.1, 0.15) is 12.4 Å². The molecule has 0 aliphatic heterocycles. The third-order valence-electron chi connectivity index (χ3n) is 2.57. The molecule has 19 heavy (non-hydrogen) atoms. The third kappa shape index (κ3) is 4.94. The lowest BCUT2D eigenvalue weighted by Gasteiger charge is -2.05. The first-order valence-electron chi connectivity index (χ1n) is 6.22. The minimum Gasteiger partial charge on any atom is -0.425 e.